The zero-order chi connectivity index (χ0) is 42.0. The topological polar surface area (TPSA) is 203 Å². The summed E-state index contributed by atoms with van der Waals surface area (Å²) in [5.41, 5.74) is -1.22. The minimum Gasteiger partial charge on any atom is -0.466 e. The summed E-state index contributed by atoms with van der Waals surface area (Å²) in [7, 11) is 1.20. The van der Waals surface area contributed by atoms with Gasteiger partial charge in [0.2, 0.25) is 5.79 Å². The third-order valence-electron chi connectivity index (χ3n) is 10.7. The van der Waals surface area contributed by atoms with Gasteiger partial charge in [-0.2, -0.15) is 0 Å². The molecule has 15 nitrogen and oxygen atoms in total. The Morgan fingerprint density at radius 3 is 2.37 bits per heavy atom. The second-order valence-electron chi connectivity index (χ2n) is 16.2. The molecule has 3 aliphatic heterocycles. The number of hydrogen-bond donors (Lipinski definition) is 3. The van der Waals surface area contributed by atoms with Crippen molar-refractivity contribution in [3.8, 4) is 0 Å². The molecule has 0 radical (unpaired) electrons. The fraction of sp³-hybridized carbons (Fsp3) is 0.667. The maximum Gasteiger partial charge on any atom is 0.330 e. The van der Waals surface area contributed by atoms with Crippen molar-refractivity contribution in [1.29, 1.82) is 0 Å². The van der Waals surface area contributed by atoms with Crippen LogP contribution in [0.25, 0.3) is 0 Å². The molecule has 2 fully saturated rings. The van der Waals surface area contributed by atoms with Crippen molar-refractivity contribution >= 4 is 23.9 Å². The van der Waals surface area contributed by atoms with Crippen molar-refractivity contribution in [1.82, 2.24) is 0 Å². The first-order valence-electron chi connectivity index (χ1n) is 19.6. The summed E-state index contributed by atoms with van der Waals surface area (Å²) in [6.07, 6.45) is -4.21. The molecule has 0 spiro atoms. The van der Waals surface area contributed by atoms with Gasteiger partial charge in [0.05, 0.1) is 64.2 Å². The summed E-state index contributed by atoms with van der Waals surface area (Å²) in [5, 5.41) is 33.8. The highest BCUT2D eigenvalue weighted by Gasteiger charge is 2.58. The Bertz CT molecular complexity index is 1570. The normalized spacial score (nSPS) is 32.2. The molecule has 3 N–H and O–H groups in total. The van der Waals surface area contributed by atoms with Crippen LogP contribution in [0.4, 0.5) is 0 Å². The Morgan fingerprint density at radius 1 is 1.04 bits per heavy atom. The zero-order valence-electron chi connectivity index (χ0n) is 34.0. The average Bonchev–Trinajstić information content (AvgIpc) is 3.16. The monoisotopic (exact) mass is 804 g/mol. The first-order chi connectivity index (χ1) is 26.9. The maximum absolute atomic E-state index is 13.5. The van der Waals surface area contributed by atoms with Crippen LogP contribution in [0.5, 0.6) is 0 Å². The largest absolute Gasteiger partial charge is 0.466 e. The van der Waals surface area contributed by atoms with Crippen LogP contribution in [0.2, 0.25) is 0 Å². The lowest BCUT2D eigenvalue weighted by Crippen LogP contribution is -2.62. The molecule has 318 valence electrons. The summed E-state index contributed by atoms with van der Waals surface area (Å²) in [5.74, 6) is -5.35. The Kier molecular flexibility index (Phi) is 16.4. The first-order valence-corrected chi connectivity index (χ1v) is 19.6. The average molecular weight is 805 g/mol. The molecular weight excluding hydrogens is 744 g/mol. The highest BCUT2D eigenvalue weighted by Crippen LogP contribution is 2.47. The van der Waals surface area contributed by atoms with Gasteiger partial charge in [0.25, 0.3) is 0 Å². The van der Waals surface area contributed by atoms with Crippen LogP contribution in [0.15, 0.2) is 54.1 Å². The minimum absolute atomic E-state index is 0.0353. The van der Waals surface area contributed by atoms with E-state index in [4.69, 9.17) is 37.9 Å². The van der Waals surface area contributed by atoms with Gasteiger partial charge in [0, 0.05) is 36.2 Å². The van der Waals surface area contributed by atoms with E-state index in [0.717, 1.165) is 11.6 Å². The van der Waals surface area contributed by atoms with Crippen molar-refractivity contribution in [2.24, 2.45) is 10.8 Å². The molecule has 2 saturated heterocycles. The van der Waals surface area contributed by atoms with Gasteiger partial charge in [-0.25, -0.2) is 4.79 Å². The smallest absolute Gasteiger partial charge is 0.330 e. The number of methoxy groups -OCH3 is 1. The van der Waals surface area contributed by atoms with Crippen molar-refractivity contribution in [2.45, 2.75) is 148 Å². The Balaban J connectivity index is 1.79. The van der Waals surface area contributed by atoms with Gasteiger partial charge in [-0.3, -0.25) is 14.4 Å². The van der Waals surface area contributed by atoms with Gasteiger partial charge in [-0.05, 0) is 37.0 Å². The number of fused-ring (bicyclic) bond motifs is 4. The number of hydrogen-bond acceptors (Lipinski definition) is 15. The molecular formula is C42H60O15. The number of benzene rings is 1. The van der Waals surface area contributed by atoms with Crippen LogP contribution >= 0.6 is 0 Å². The summed E-state index contributed by atoms with van der Waals surface area (Å²) in [6, 6.07) is 9.33. The van der Waals surface area contributed by atoms with Gasteiger partial charge in [-0.15, -0.1) is 0 Å². The Labute approximate surface area is 334 Å². The zero-order valence-corrected chi connectivity index (χ0v) is 34.0. The number of esters is 4. The van der Waals surface area contributed by atoms with Crippen LogP contribution in [0.3, 0.4) is 0 Å². The van der Waals surface area contributed by atoms with Crippen molar-refractivity contribution in [3.63, 3.8) is 0 Å². The molecule has 4 rings (SSSR count). The number of carbonyl (C=O) groups is 4. The number of rotatable bonds is 9. The Morgan fingerprint density at radius 2 is 1.72 bits per heavy atom. The number of aliphatic hydroxyl groups excluding tert-OH is 2. The van der Waals surface area contributed by atoms with Crippen molar-refractivity contribution in [2.75, 3.05) is 20.3 Å². The van der Waals surface area contributed by atoms with Crippen molar-refractivity contribution in [3.05, 3.63) is 59.7 Å². The van der Waals surface area contributed by atoms with Crippen molar-refractivity contribution < 1.29 is 72.4 Å². The SMILES string of the molecule is CCC(=O)O[C@H]1/C(=C/C(=O)OC)C[C@H]2C[C@H]([C@H](C)OCc3ccccc3)OC(=O)C[C@H](O)CC(=O)O[C@H](C(C)(C)CO)C[C@@H]3CCO[C@H](/C=C/C(C)(C)[C@]1(O)O2)O3. The van der Waals surface area contributed by atoms with Gasteiger partial charge in [-0.1, -0.05) is 71.0 Å². The third kappa shape index (κ3) is 12.6. The lowest BCUT2D eigenvalue weighted by molar-refractivity contribution is -0.327. The quantitative estimate of drug-likeness (QED) is 0.140. The second kappa shape index (κ2) is 20.3. The highest BCUT2D eigenvalue weighted by atomic mass is 16.7. The predicted octanol–water partition coefficient (Wildman–Crippen LogP) is 3.98. The van der Waals surface area contributed by atoms with Gasteiger partial charge in [0.1, 0.15) is 12.2 Å². The number of ether oxygens (including phenoxy) is 8. The molecule has 4 bridgehead atoms. The molecule has 0 amide bonds. The van der Waals surface area contributed by atoms with Crippen LogP contribution in [0, 0.1) is 10.8 Å². The van der Waals surface area contributed by atoms with E-state index >= 15 is 0 Å². The summed E-state index contributed by atoms with van der Waals surface area (Å²) < 4.78 is 47.4. The van der Waals surface area contributed by atoms with Crippen LogP contribution in [0.1, 0.15) is 92.1 Å². The van der Waals surface area contributed by atoms with Crippen LogP contribution < -0.4 is 0 Å². The van der Waals surface area contributed by atoms with E-state index in [1.807, 2.05) is 30.3 Å². The maximum atomic E-state index is 13.5. The standard InChI is InChI=1S/C42H60O15/c1-8-34(45)56-39-28(19-35(46)50-7)18-31-22-32(26(2)52-24-27-12-10-9-11-13-27)54-36(47)20-29(44)21-37(48)55-33(40(3,4)25-43)23-30-15-17-51-38(53-30)14-16-41(5,6)42(39,49)57-31/h9-14,16,19,26,29-33,38-39,43-44,49H,8,15,17-18,20-25H2,1-7H3/b16-14+,28-19+/t26-,29-,30-,31-,32+,33-,38-,39-,42+/m0/s1. The summed E-state index contributed by atoms with van der Waals surface area (Å²) in [4.78, 5) is 52.3. The highest BCUT2D eigenvalue weighted by molar-refractivity contribution is 5.83. The van der Waals surface area contributed by atoms with E-state index in [1.165, 1.54) is 7.11 Å². The predicted molar refractivity (Wildman–Crippen MR) is 203 cm³/mol. The summed E-state index contributed by atoms with van der Waals surface area (Å²) >= 11 is 0. The van der Waals surface area contributed by atoms with E-state index in [-0.39, 0.29) is 51.1 Å². The van der Waals surface area contributed by atoms with Gasteiger partial charge >= 0.3 is 23.9 Å². The van der Waals surface area contributed by atoms with Crippen LogP contribution in [-0.4, -0.2) is 114 Å². The first kappa shape index (κ1) is 46.0. The van der Waals surface area contributed by atoms with E-state index in [9.17, 15) is 34.5 Å². The van der Waals surface area contributed by atoms with E-state index < -0.39 is 102 Å². The molecule has 1 aromatic carbocycles. The number of carbonyl (C=O) groups excluding carboxylic acids is 4. The van der Waals surface area contributed by atoms with Gasteiger partial charge < -0.3 is 53.2 Å². The lowest BCUT2D eigenvalue weighted by Gasteiger charge is -2.51. The summed E-state index contributed by atoms with van der Waals surface area (Å²) in [6.45, 7) is 10.2. The fourth-order valence-electron chi connectivity index (χ4n) is 6.89. The molecule has 0 unspecified atom stereocenters. The molecule has 0 aromatic heterocycles. The van der Waals surface area contributed by atoms with Gasteiger partial charge in [0.15, 0.2) is 12.4 Å². The minimum atomic E-state index is -2.32. The molecule has 57 heavy (non-hydrogen) atoms. The second-order valence-corrected chi connectivity index (χ2v) is 16.2. The molecule has 0 aliphatic carbocycles. The number of aliphatic hydroxyl groups is 3. The fourth-order valence-corrected chi connectivity index (χ4v) is 6.89. The Hall–Kier alpha value is -3.70. The molecule has 3 aliphatic rings. The van der Waals surface area contributed by atoms with Crippen LogP contribution in [-0.2, 0) is 63.7 Å². The molecule has 0 saturated carbocycles. The van der Waals surface area contributed by atoms with E-state index in [0.29, 0.717) is 6.42 Å². The third-order valence-corrected chi connectivity index (χ3v) is 10.7. The molecule has 15 heteroatoms. The molecule has 3 heterocycles. The number of cyclic esters (lactones) is 2. The van der Waals surface area contributed by atoms with E-state index in [2.05, 4.69) is 0 Å². The van der Waals surface area contributed by atoms with E-state index in [1.54, 1.807) is 53.7 Å². The lowest BCUT2D eigenvalue weighted by atomic mass is 9.74. The molecule has 1 aromatic rings. The molecule has 9 atom stereocenters.